The van der Waals surface area contributed by atoms with E-state index in [2.05, 4.69) is 4.74 Å². The van der Waals surface area contributed by atoms with Crippen molar-refractivity contribution in [3.63, 3.8) is 0 Å². The second kappa shape index (κ2) is 5.43. The molecule has 0 aliphatic rings. The smallest absolute Gasteiger partial charge is 0.265 e. The van der Waals surface area contributed by atoms with Crippen molar-refractivity contribution in [3.05, 3.63) is 0 Å². The molecular weight excluding hydrogens is 152 g/mol. The van der Waals surface area contributed by atoms with Gasteiger partial charge in [-0.05, 0) is 13.6 Å². The third-order valence-electron chi connectivity index (χ3n) is 1.62. The van der Waals surface area contributed by atoms with E-state index < -0.39 is 12.5 Å². The van der Waals surface area contributed by atoms with Gasteiger partial charge in [-0.15, -0.1) is 0 Å². The maximum absolute atomic E-state index is 12.0. The summed E-state index contributed by atoms with van der Waals surface area (Å²) in [5.41, 5.74) is 0. The summed E-state index contributed by atoms with van der Waals surface area (Å²) in [6.07, 6.45) is -3.35. The molecule has 0 saturated heterocycles. The van der Waals surface area contributed by atoms with Crippen LogP contribution in [0.1, 0.15) is 6.92 Å². The predicted octanol–water partition coefficient (Wildman–Crippen LogP) is 1.22. The Morgan fingerprint density at radius 3 is 2.27 bits per heavy atom. The molecule has 11 heavy (non-hydrogen) atoms. The lowest BCUT2D eigenvalue weighted by Gasteiger charge is -2.20. The fourth-order valence-electron chi connectivity index (χ4n) is 0.693. The van der Waals surface area contributed by atoms with Crippen molar-refractivity contribution in [1.82, 2.24) is 4.90 Å². The van der Waals surface area contributed by atoms with Gasteiger partial charge in [0.2, 0.25) is 0 Å². The van der Waals surface area contributed by atoms with Crippen molar-refractivity contribution >= 4 is 0 Å². The Balaban J connectivity index is 3.68. The highest BCUT2D eigenvalue weighted by Gasteiger charge is 2.20. The number of hydrogen-bond donors (Lipinski definition) is 0. The maximum Gasteiger partial charge on any atom is 0.265 e. The summed E-state index contributed by atoms with van der Waals surface area (Å²) < 4.78 is 28.7. The Morgan fingerprint density at radius 1 is 1.45 bits per heavy atom. The van der Waals surface area contributed by atoms with Crippen LogP contribution in [0.25, 0.3) is 0 Å². The Morgan fingerprint density at radius 2 is 2.00 bits per heavy atom. The zero-order valence-corrected chi connectivity index (χ0v) is 7.18. The molecule has 0 aromatic carbocycles. The van der Waals surface area contributed by atoms with Gasteiger partial charge in [0.05, 0.1) is 0 Å². The van der Waals surface area contributed by atoms with Crippen LogP contribution in [0, 0.1) is 0 Å². The van der Waals surface area contributed by atoms with Crippen LogP contribution in [0.5, 0.6) is 0 Å². The van der Waals surface area contributed by atoms with E-state index in [4.69, 9.17) is 0 Å². The van der Waals surface area contributed by atoms with Crippen LogP contribution in [0.3, 0.4) is 0 Å². The van der Waals surface area contributed by atoms with Crippen molar-refractivity contribution in [1.29, 1.82) is 0 Å². The normalized spacial score (nSPS) is 14.5. The fraction of sp³-hybridized carbons (Fsp3) is 1.00. The summed E-state index contributed by atoms with van der Waals surface area (Å²) in [5, 5.41) is 0. The van der Waals surface area contributed by atoms with Crippen LogP contribution >= 0.6 is 0 Å². The molecule has 0 amide bonds. The highest BCUT2D eigenvalue weighted by atomic mass is 19.3. The zero-order valence-electron chi connectivity index (χ0n) is 7.18. The van der Waals surface area contributed by atoms with Gasteiger partial charge in [0.15, 0.2) is 0 Å². The SMILES string of the molecule is CCN(C)C[C@@H](OC)C(F)F. The van der Waals surface area contributed by atoms with Gasteiger partial charge in [0.25, 0.3) is 6.43 Å². The second-order valence-electron chi connectivity index (χ2n) is 2.46. The summed E-state index contributed by atoms with van der Waals surface area (Å²) in [5.74, 6) is 0. The molecule has 0 aromatic heterocycles. The van der Waals surface area contributed by atoms with Crippen LogP contribution < -0.4 is 0 Å². The van der Waals surface area contributed by atoms with Gasteiger partial charge in [-0.1, -0.05) is 6.92 Å². The molecule has 0 bridgehead atoms. The summed E-state index contributed by atoms with van der Waals surface area (Å²) >= 11 is 0. The number of likely N-dealkylation sites (N-methyl/N-ethyl adjacent to an activating group) is 1. The molecule has 0 saturated carbocycles. The number of methoxy groups -OCH3 is 1. The van der Waals surface area contributed by atoms with E-state index in [9.17, 15) is 8.78 Å². The first-order valence-electron chi connectivity index (χ1n) is 3.61. The van der Waals surface area contributed by atoms with E-state index in [1.54, 1.807) is 11.9 Å². The number of nitrogens with zero attached hydrogens (tertiary/aromatic N) is 1. The van der Waals surface area contributed by atoms with Gasteiger partial charge >= 0.3 is 0 Å². The van der Waals surface area contributed by atoms with Gasteiger partial charge < -0.3 is 9.64 Å². The van der Waals surface area contributed by atoms with Crippen LogP contribution in [-0.4, -0.2) is 44.7 Å². The lowest BCUT2D eigenvalue weighted by Crippen LogP contribution is -2.35. The third-order valence-corrected chi connectivity index (χ3v) is 1.62. The van der Waals surface area contributed by atoms with Gasteiger partial charge in [0.1, 0.15) is 6.10 Å². The summed E-state index contributed by atoms with van der Waals surface area (Å²) in [4.78, 5) is 1.79. The van der Waals surface area contributed by atoms with Crippen LogP contribution in [0.4, 0.5) is 8.78 Å². The first kappa shape index (κ1) is 10.8. The molecule has 0 rings (SSSR count). The minimum absolute atomic E-state index is 0.282. The molecule has 1 atom stereocenters. The molecule has 2 nitrogen and oxygen atoms in total. The van der Waals surface area contributed by atoms with E-state index in [1.807, 2.05) is 6.92 Å². The molecule has 68 valence electrons. The fourth-order valence-corrected chi connectivity index (χ4v) is 0.693. The number of rotatable bonds is 5. The molecule has 0 unspecified atom stereocenters. The van der Waals surface area contributed by atoms with Crippen LogP contribution in [-0.2, 0) is 4.74 Å². The van der Waals surface area contributed by atoms with Crippen molar-refractivity contribution in [3.8, 4) is 0 Å². The largest absolute Gasteiger partial charge is 0.374 e. The minimum atomic E-state index is -2.39. The Kier molecular flexibility index (Phi) is 5.32. The molecule has 0 N–H and O–H groups in total. The topological polar surface area (TPSA) is 12.5 Å². The average molecular weight is 167 g/mol. The van der Waals surface area contributed by atoms with Crippen LogP contribution in [0.2, 0.25) is 0 Å². The highest BCUT2D eigenvalue weighted by Crippen LogP contribution is 2.05. The molecule has 4 heteroatoms. The standard InChI is InChI=1S/C7H15F2NO/c1-4-10(2)5-6(11-3)7(8)9/h6-7H,4-5H2,1-3H3/t6-/m1/s1. The monoisotopic (exact) mass is 167 g/mol. The maximum atomic E-state index is 12.0. The predicted molar refractivity (Wildman–Crippen MR) is 40.0 cm³/mol. The van der Waals surface area contributed by atoms with Gasteiger partial charge in [-0.25, -0.2) is 8.78 Å². The van der Waals surface area contributed by atoms with Crippen molar-refractivity contribution < 1.29 is 13.5 Å². The molecule has 0 spiro atoms. The lowest BCUT2D eigenvalue weighted by atomic mass is 10.3. The van der Waals surface area contributed by atoms with E-state index in [0.29, 0.717) is 0 Å². The Bertz CT molecular complexity index is 100. The number of alkyl halides is 2. The van der Waals surface area contributed by atoms with Crippen molar-refractivity contribution in [2.75, 3.05) is 27.2 Å². The lowest BCUT2D eigenvalue weighted by molar-refractivity contribution is -0.0450. The van der Waals surface area contributed by atoms with E-state index >= 15 is 0 Å². The second-order valence-corrected chi connectivity index (χ2v) is 2.46. The molecular formula is C7H15F2NO. The van der Waals surface area contributed by atoms with Gasteiger partial charge in [0, 0.05) is 13.7 Å². The molecule has 0 fully saturated rings. The Labute approximate surface area is 66.1 Å². The van der Waals surface area contributed by atoms with E-state index in [-0.39, 0.29) is 6.54 Å². The molecule has 0 aromatic rings. The van der Waals surface area contributed by atoms with Crippen molar-refractivity contribution in [2.45, 2.75) is 19.5 Å². The first-order valence-corrected chi connectivity index (χ1v) is 3.61. The molecule has 0 aliphatic carbocycles. The quantitative estimate of drug-likeness (QED) is 0.610. The molecule has 0 heterocycles. The number of halogens is 2. The average Bonchev–Trinajstić information content (AvgIpc) is 1.99. The molecule has 0 aliphatic heterocycles. The first-order chi connectivity index (χ1) is 5.11. The number of ether oxygens (including phenoxy) is 1. The highest BCUT2D eigenvalue weighted by molar-refractivity contribution is 4.63. The van der Waals surface area contributed by atoms with E-state index in [0.717, 1.165) is 6.54 Å². The third kappa shape index (κ3) is 4.27. The van der Waals surface area contributed by atoms with Crippen molar-refractivity contribution in [2.24, 2.45) is 0 Å². The number of hydrogen-bond acceptors (Lipinski definition) is 2. The zero-order chi connectivity index (χ0) is 8.85. The van der Waals surface area contributed by atoms with Gasteiger partial charge in [-0.2, -0.15) is 0 Å². The summed E-state index contributed by atoms with van der Waals surface area (Å²) in [6.45, 7) is 2.95. The Hall–Kier alpha value is -0.220. The summed E-state index contributed by atoms with van der Waals surface area (Å²) in [6, 6.07) is 0. The summed E-state index contributed by atoms with van der Waals surface area (Å²) in [7, 11) is 3.09. The minimum Gasteiger partial charge on any atom is -0.374 e. The molecule has 0 radical (unpaired) electrons. The van der Waals surface area contributed by atoms with Crippen LogP contribution in [0.15, 0.2) is 0 Å². The van der Waals surface area contributed by atoms with E-state index in [1.165, 1.54) is 7.11 Å². The van der Waals surface area contributed by atoms with Gasteiger partial charge in [-0.3, -0.25) is 0 Å².